The molecule has 0 bridgehead atoms. The van der Waals surface area contributed by atoms with Crippen molar-refractivity contribution in [3.63, 3.8) is 0 Å². The van der Waals surface area contributed by atoms with Gasteiger partial charge in [-0.1, -0.05) is 13.8 Å². The molecule has 1 aromatic rings. The first-order chi connectivity index (χ1) is 8.62. The van der Waals surface area contributed by atoms with Crippen molar-refractivity contribution in [1.29, 1.82) is 0 Å². The van der Waals surface area contributed by atoms with Crippen molar-refractivity contribution in [1.82, 2.24) is 9.88 Å². The molecule has 0 saturated carbocycles. The molecule has 4 nitrogen and oxygen atoms in total. The van der Waals surface area contributed by atoms with Gasteiger partial charge in [0.25, 0.3) is 0 Å². The van der Waals surface area contributed by atoms with Gasteiger partial charge in [-0.15, -0.1) is 0 Å². The highest BCUT2D eigenvalue weighted by Crippen LogP contribution is 2.33. The summed E-state index contributed by atoms with van der Waals surface area (Å²) in [6.07, 6.45) is 5.37. The lowest BCUT2D eigenvalue weighted by Gasteiger charge is -2.34. The molecule has 3 N–H and O–H groups in total. The molecule has 1 unspecified atom stereocenters. The number of nitrogens with zero attached hydrogens (tertiary/aromatic N) is 1. The normalized spacial score (nSPS) is 20.4. The molecule has 2 rings (SSSR count). The SMILES string of the molecule is CCC(N)(CC)C(=O)N1CCCC1c1ccc[nH]1. The van der Waals surface area contributed by atoms with Crippen molar-refractivity contribution in [2.24, 2.45) is 5.73 Å². The summed E-state index contributed by atoms with van der Waals surface area (Å²) in [7, 11) is 0. The third-order valence-electron chi connectivity index (χ3n) is 4.18. The van der Waals surface area contributed by atoms with Crippen LogP contribution in [0.2, 0.25) is 0 Å². The molecule has 1 atom stereocenters. The van der Waals surface area contributed by atoms with Gasteiger partial charge in [-0.3, -0.25) is 4.79 Å². The Kier molecular flexibility index (Phi) is 3.76. The van der Waals surface area contributed by atoms with Crippen LogP contribution in [0.5, 0.6) is 0 Å². The lowest BCUT2D eigenvalue weighted by Crippen LogP contribution is -2.54. The van der Waals surface area contributed by atoms with E-state index >= 15 is 0 Å². The molecule has 100 valence electrons. The van der Waals surface area contributed by atoms with Crippen molar-refractivity contribution < 1.29 is 4.79 Å². The minimum atomic E-state index is -0.699. The Hall–Kier alpha value is -1.29. The van der Waals surface area contributed by atoms with E-state index in [-0.39, 0.29) is 11.9 Å². The first-order valence-corrected chi connectivity index (χ1v) is 6.85. The maximum Gasteiger partial charge on any atom is 0.243 e. The van der Waals surface area contributed by atoms with E-state index in [0.717, 1.165) is 25.1 Å². The molecule has 1 fully saturated rings. The van der Waals surface area contributed by atoms with Crippen molar-refractivity contribution in [3.05, 3.63) is 24.0 Å². The number of nitrogens with two attached hydrogens (primary N) is 1. The fourth-order valence-electron chi connectivity index (χ4n) is 2.72. The van der Waals surface area contributed by atoms with Gasteiger partial charge in [-0.25, -0.2) is 0 Å². The van der Waals surface area contributed by atoms with E-state index in [1.54, 1.807) is 0 Å². The molecule has 2 heterocycles. The minimum Gasteiger partial charge on any atom is -0.363 e. The number of carbonyl (C=O) groups is 1. The zero-order valence-electron chi connectivity index (χ0n) is 11.3. The standard InChI is InChI=1S/C14H23N3O/c1-3-14(15,4-2)13(18)17-10-6-8-12(17)11-7-5-9-16-11/h5,7,9,12,16H,3-4,6,8,10,15H2,1-2H3. The summed E-state index contributed by atoms with van der Waals surface area (Å²) in [4.78, 5) is 17.8. The maximum atomic E-state index is 12.6. The zero-order valence-corrected chi connectivity index (χ0v) is 11.3. The summed E-state index contributed by atoms with van der Waals surface area (Å²) >= 11 is 0. The van der Waals surface area contributed by atoms with Gasteiger partial charge in [0.2, 0.25) is 5.91 Å². The Balaban J connectivity index is 2.19. The average Bonchev–Trinajstić information content (AvgIpc) is 3.06. The molecule has 0 aromatic carbocycles. The Morgan fingerprint density at radius 1 is 1.56 bits per heavy atom. The van der Waals surface area contributed by atoms with E-state index in [1.807, 2.05) is 37.1 Å². The minimum absolute atomic E-state index is 0.101. The molecule has 1 aromatic heterocycles. The number of rotatable bonds is 4. The molecule has 0 radical (unpaired) electrons. The first-order valence-electron chi connectivity index (χ1n) is 6.85. The lowest BCUT2D eigenvalue weighted by molar-refractivity contribution is -0.138. The first kappa shape index (κ1) is 13.1. The van der Waals surface area contributed by atoms with Crippen LogP contribution >= 0.6 is 0 Å². The highest BCUT2D eigenvalue weighted by molar-refractivity contribution is 5.86. The third kappa shape index (κ3) is 2.17. The number of carbonyl (C=O) groups excluding carboxylic acids is 1. The van der Waals surface area contributed by atoms with Crippen molar-refractivity contribution in [2.45, 2.75) is 51.1 Å². The van der Waals surface area contributed by atoms with Gasteiger partial charge in [-0.05, 0) is 37.8 Å². The van der Waals surface area contributed by atoms with E-state index in [4.69, 9.17) is 5.73 Å². The Morgan fingerprint density at radius 2 is 2.28 bits per heavy atom. The maximum absolute atomic E-state index is 12.6. The fraction of sp³-hybridized carbons (Fsp3) is 0.643. The van der Waals surface area contributed by atoms with Crippen LogP contribution in [-0.4, -0.2) is 27.9 Å². The fourth-order valence-corrected chi connectivity index (χ4v) is 2.72. The van der Waals surface area contributed by atoms with Crippen LogP contribution < -0.4 is 5.73 Å². The van der Waals surface area contributed by atoms with E-state index < -0.39 is 5.54 Å². The number of likely N-dealkylation sites (tertiary alicyclic amines) is 1. The summed E-state index contributed by atoms with van der Waals surface area (Å²) in [5.74, 6) is 0.101. The van der Waals surface area contributed by atoms with Gasteiger partial charge < -0.3 is 15.6 Å². The van der Waals surface area contributed by atoms with Crippen molar-refractivity contribution in [2.75, 3.05) is 6.54 Å². The molecular formula is C14H23N3O. The topological polar surface area (TPSA) is 62.1 Å². The van der Waals surface area contributed by atoms with Gasteiger partial charge in [0.1, 0.15) is 0 Å². The molecule has 0 aliphatic carbocycles. The molecule has 1 aliphatic rings. The quantitative estimate of drug-likeness (QED) is 0.859. The molecule has 0 spiro atoms. The van der Waals surface area contributed by atoms with E-state index in [0.29, 0.717) is 12.8 Å². The molecule has 1 amide bonds. The second kappa shape index (κ2) is 5.14. The average molecular weight is 249 g/mol. The van der Waals surface area contributed by atoms with Gasteiger partial charge in [0.05, 0.1) is 11.6 Å². The van der Waals surface area contributed by atoms with Crippen LogP contribution in [0.25, 0.3) is 0 Å². The zero-order chi connectivity index (χ0) is 13.2. The molecule has 4 heteroatoms. The van der Waals surface area contributed by atoms with E-state index in [1.165, 1.54) is 0 Å². The van der Waals surface area contributed by atoms with Crippen LogP contribution in [-0.2, 0) is 4.79 Å². The number of hydrogen-bond acceptors (Lipinski definition) is 2. The predicted octanol–water partition coefficient (Wildman–Crippen LogP) is 2.20. The van der Waals surface area contributed by atoms with Gasteiger partial charge in [-0.2, -0.15) is 0 Å². The van der Waals surface area contributed by atoms with Crippen LogP contribution in [0.1, 0.15) is 51.3 Å². The van der Waals surface area contributed by atoms with E-state index in [2.05, 4.69) is 4.98 Å². The summed E-state index contributed by atoms with van der Waals surface area (Å²) in [6.45, 7) is 4.80. The Labute approximate surface area is 109 Å². The van der Waals surface area contributed by atoms with E-state index in [9.17, 15) is 4.79 Å². The van der Waals surface area contributed by atoms with Gasteiger partial charge >= 0.3 is 0 Å². The van der Waals surface area contributed by atoms with Crippen molar-refractivity contribution >= 4 is 5.91 Å². The smallest absolute Gasteiger partial charge is 0.243 e. The monoisotopic (exact) mass is 249 g/mol. The number of H-pyrrole nitrogens is 1. The molecule has 1 aliphatic heterocycles. The second-order valence-corrected chi connectivity index (χ2v) is 5.15. The summed E-state index contributed by atoms with van der Waals surface area (Å²) in [5.41, 5.74) is 6.66. The number of aromatic amines is 1. The number of hydrogen-bond donors (Lipinski definition) is 2. The number of aromatic nitrogens is 1. The van der Waals surface area contributed by atoms with Gasteiger partial charge in [0.15, 0.2) is 0 Å². The lowest BCUT2D eigenvalue weighted by atomic mass is 9.92. The molecule has 1 saturated heterocycles. The number of amides is 1. The van der Waals surface area contributed by atoms with Crippen molar-refractivity contribution in [3.8, 4) is 0 Å². The highest BCUT2D eigenvalue weighted by Gasteiger charge is 2.39. The largest absolute Gasteiger partial charge is 0.363 e. The Morgan fingerprint density at radius 3 is 2.83 bits per heavy atom. The number of nitrogens with one attached hydrogen (secondary N) is 1. The molecular weight excluding hydrogens is 226 g/mol. The predicted molar refractivity (Wildman–Crippen MR) is 72.0 cm³/mol. The van der Waals surface area contributed by atoms with Crippen LogP contribution in [0.3, 0.4) is 0 Å². The summed E-state index contributed by atoms with van der Waals surface area (Å²) in [5, 5.41) is 0. The van der Waals surface area contributed by atoms with Crippen LogP contribution in [0.15, 0.2) is 18.3 Å². The summed E-state index contributed by atoms with van der Waals surface area (Å²) < 4.78 is 0. The third-order valence-corrected chi connectivity index (χ3v) is 4.18. The second-order valence-electron chi connectivity index (χ2n) is 5.15. The molecule has 18 heavy (non-hydrogen) atoms. The van der Waals surface area contributed by atoms with Crippen LogP contribution in [0.4, 0.5) is 0 Å². The van der Waals surface area contributed by atoms with Crippen LogP contribution in [0, 0.1) is 0 Å². The Bertz CT molecular complexity index is 395. The van der Waals surface area contributed by atoms with Gasteiger partial charge in [0, 0.05) is 18.4 Å². The summed E-state index contributed by atoms with van der Waals surface area (Å²) in [6, 6.07) is 4.20. The highest BCUT2D eigenvalue weighted by atomic mass is 16.2.